The van der Waals surface area contributed by atoms with Crippen LogP contribution in [0.5, 0.6) is 0 Å². The highest BCUT2D eigenvalue weighted by molar-refractivity contribution is 5.91. The summed E-state index contributed by atoms with van der Waals surface area (Å²) in [6, 6.07) is 4.17. The molecule has 20 nitrogen and oxygen atoms in total. The van der Waals surface area contributed by atoms with Gasteiger partial charge in [-0.15, -0.1) is 0 Å². The molecule has 12 atom stereocenters. The van der Waals surface area contributed by atoms with E-state index in [4.69, 9.17) is 47.0 Å². The van der Waals surface area contributed by atoms with Crippen LogP contribution in [-0.4, -0.2) is 124 Å². The van der Waals surface area contributed by atoms with Crippen molar-refractivity contribution >= 4 is 47.8 Å². The summed E-state index contributed by atoms with van der Waals surface area (Å²) >= 11 is 0. The van der Waals surface area contributed by atoms with Gasteiger partial charge in [-0.3, -0.25) is 33.8 Å². The lowest BCUT2D eigenvalue weighted by molar-refractivity contribution is -0.386. The van der Waals surface area contributed by atoms with Gasteiger partial charge in [0.15, 0.2) is 30.0 Å². The maximum Gasteiger partial charge on any atom is 0.341 e. The zero-order valence-corrected chi connectivity index (χ0v) is 34.7. The third-order valence-electron chi connectivity index (χ3n) is 11.8. The van der Waals surface area contributed by atoms with Crippen LogP contribution < -0.4 is 0 Å². The van der Waals surface area contributed by atoms with Gasteiger partial charge in [0, 0.05) is 40.8 Å². The molecule has 4 bridgehead atoms. The Morgan fingerprint density at radius 1 is 0.836 bits per heavy atom. The zero-order valence-electron chi connectivity index (χ0n) is 34.7. The van der Waals surface area contributed by atoms with Crippen LogP contribution in [0, 0.1) is 17.3 Å². The van der Waals surface area contributed by atoms with Gasteiger partial charge in [0.1, 0.15) is 48.3 Å². The van der Waals surface area contributed by atoms with E-state index in [-0.39, 0.29) is 29.7 Å². The second-order valence-electron chi connectivity index (χ2n) is 16.1. The van der Waals surface area contributed by atoms with Crippen molar-refractivity contribution in [2.75, 3.05) is 13.2 Å². The van der Waals surface area contributed by atoms with Crippen molar-refractivity contribution in [1.82, 2.24) is 4.98 Å². The Hall–Kier alpha value is -5.89. The molecule has 0 amide bonds. The van der Waals surface area contributed by atoms with Crippen molar-refractivity contribution in [2.45, 2.75) is 122 Å². The Labute approximate surface area is 348 Å². The number of cyclic esters (lactones) is 1. The summed E-state index contributed by atoms with van der Waals surface area (Å²) in [4.78, 5) is 113. The molecule has 1 saturated heterocycles. The highest BCUT2D eigenvalue weighted by Crippen LogP contribution is 2.70. The molecule has 61 heavy (non-hydrogen) atoms. The molecule has 2 aromatic rings. The summed E-state index contributed by atoms with van der Waals surface area (Å²) in [5.74, 6) is -10.8. The molecule has 20 heteroatoms. The third kappa shape index (κ3) is 7.59. The van der Waals surface area contributed by atoms with E-state index in [1.807, 2.05) is 0 Å². The van der Waals surface area contributed by atoms with E-state index in [0.29, 0.717) is 0 Å². The smallest absolute Gasteiger partial charge is 0.341 e. The fourth-order valence-electron chi connectivity index (χ4n) is 9.54. The average molecular weight is 858 g/mol. The number of esters is 8. The summed E-state index contributed by atoms with van der Waals surface area (Å²) in [7, 11) is 0. The molecule has 4 heterocycles. The van der Waals surface area contributed by atoms with Crippen LogP contribution in [0.25, 0.3) is 0 Å². The number of hydrogen-bond acceptors (Lipinski definition) is 20. The largest absolute Gasteiger partial charge is 0.472 e. The van der Waals surface area contributed by atoms with E-state index in [1.54, 1.807) is 0 Å². The summed E-state index contributed by atoms with van der Waals surface area (Å²) in [6.07, 6.45) is -8.59. The Morgan fingerprint density at radius 2 is 1.46 bits per heavy atom. The Morgan fingerprint density at radius 3 is 2.05 bits per heavy atom. The van der Waals surface area contributed by atoms with Gasteiger partial charge in [-0.2, -0.15) is 0 Å². The van der Waals surface area contributed by atoms with Gasteiger partial charge < -0.3 is 52.2 Å². The first-order valence-corrected chi connectivity index (χ1v) is 19.4. The van der Waals surface area contributed by atoms with Crippen LogP contribution in [0.4, 0.5) is 0 Å². The van der Waals surface area contributed by atoms with Crippen molar-refractivity contribution < 1.29 is 90.5 Å². The normalized spacial score (nSPS) is 35.4. The lowest BCUT2D eigenvalue weighted by atomic mass is 9.45. The highest BCUT2D eigenvalue weighted by atomic mass is 16.7. The molecule has 0 aromatic carbocycles. The first-order chi connectivity index (χ1) is 28.6. The Bertz CT molecular complexity index is 2100. The fraction of sp³-hybridized carbons (Fsp3) is 0.585. The minimum Gasteiger partial charge on any atom is -0.472 e. The number of ether oxygens (including phenoxy) is 9. The fourth-order valence-corrected chi connectivity index (χ4v) is 9.54. The SMILES string of the molecule is CC(=O)OC[C@]12[C@H](OC(C)=O)[C@H](OC(C)=O)[C@@H]3[C@@H](OC(C)=O)C14O[C@@]3(C)COC(=O)c1cccnc1CCC(C)C(=O)O[C@@H]([C@@H](OC(=O)c1ccoc1)[C@@H]2OC(C)=O)[C@]4(C)O. The molecule has 3 fully saturated rings. The number of aryl methyl sites for hydroxylation is 1. The van der Waals surface area contributed by atoms with E-state index < -0.39 is 132 Å². The summed E-state index contributed by atoms with van der Waals surface area (Å²) in [6.45, 7) is 7.05. The van der Waals surface area contributed by atoms with Crippen LogP contribution in [0.3, 0.4) is 0 Å². The lowest BCUT2D eigenvalue weighted by Gasteiger charge is -2.67. The number of carbonyl (C=O) groups excluding carboxylic acids is 8. The monoisotopic (exact) mass is 857 g/mol. The van der Waals surface area contributed by atoms with Gasteiger partial charge >= 0.3 is 47.8 Å². The van der Waals surface area contributed by atoms with E-state index in [0.717, 1.165) is 54.1 Å². The van der Waals surface area contributed by atoms with Gasteiger partial charge in [-0.1, -0.05) is 6.92 Å². The molecule has 2 unspecified atom stereocenters. The van der Waals surface area contributed by atoms with Gasteiger partial charge in [0.05, 0.1) is 34.9 Å². The molecule has 1 N–H and O–H groups in total. The second-order valence-corrected chi connectivity index (χ2v) is 16.1. The molecular formula is C41H47NO19. The number of furan rings is 1. The van der Waals surface area contributed by atoms with Gasteiger partial charge in [0.2, 0.25) is 0 Å². The molecule has 4 aliphatic rings. The maximum atomic E-state index is 14.3. The predicted molar refractivity (Wildman–Crippen MR) is 197 cm³/mol. The number of carbonyl (C=O) groups is 8. The number of aromatic nitrogens is 1. The number of hydrogen-bond donors (Lipinski definition) is 1. The summed E-state index contributed by atoms with van der Waals surface area (Å²) < 4.78 is 60.1. The second kappa shape index (κ2) is 16.5. The quantitative estimate of drug-likeness (QED) is 0.293. The van der Waals surface area contributed by atoms with Crippen LogP contribution in [0.1, 0.15) is 88.2 Å². The Kier molecular flexibility index (Phi) is 12.1. The molecule has 2 aromatic heterocycles. The molecule has 2 aliphatic heterocycles. The first kappa shape index (κ1) is 44.7. The van der Waals surface area contributed by atoms with E-state index in [2.05, 4.69) is 4.98 Å². The number of fused-ring (bicyclic) bond motifs is 5. The lowest BCUT2D eigenvalue weighted by Crippen LogP contribution is -2.89. The number of nitrogens with zero attached hydrogens (tertiary/aromatic N) is 1. The van der Waals surface area contributed by atoms with Crippen LogP contribution in [0.2, 0.25) is 0 Å². The van der Waals surface area contributed by atoms with E-state index in [9.17, 15) is 43.5 Å². The summed E-state index contributed by atoms with van der Waals surface area (Å²) in [5, 5.41) is 13.6. The summed E-state index contributed by atoms with van der Waals surface area (Å²) in [5.41, 5.74) is -10.3. The van der Waals surface area contributed by atoms with Gasteiger partial charge in [-0.25, -0.2) is 9.59 Å². The molecule has 0 radical (unpaired) electrons. The maximum absolute atomic E-state index is 14.3. The molecule has 2 aliphatic carbocycles. The Balaban J connectivity index is 1.77. The van der Waals surface area contributed by atoms with E-state index >= 15 is 0 Å². The topological polar surface area (TPSA) is 266 Å². The van der Waals surface area contributed by atoms with Crippen molar-refractivity contribution in [2.24, 2.45) is 17.3 Å². The van der Waals surface area contributed by atoms with Crippen molar-refractivity contribution in [3.63, 3.8) is 0 Å². The van der Waals surface area contributed by atoms with Crippen LogP contribution in [-0.2, 0) is 77.8 Å². The van der Waals surface area contributed by atoms with Crippen LogP contribution >= 0.6 is 0 Å². The number of aliphatic hydroxyl groups is 1. The zero-order chi connectivity index (χ0) is 44.8. The molecule has 2 saturated carbocycles. The average Bonchev–Trinajstić information content (AvgIpc) is 3.79. The van der Waals surface area contributed by atoms with E-state index in [1.165, 1.54) is 38.2 Å². The molecular weight excluding hydrogens is 810 g/mol. The molecule has 6 rings (SSSR count). The van der Waals surface area contributed by atoms with Crippen LogP contribution in [0.15, 0.2) is 41.3 Å². The molecule has 1 spiro atoms. The van der Waals surface area contributed by atoms with Crippen molar-refractivity contribution in [3.8, 4) is 0 Å². The van der Waals surface area contributed by atoms with Crippen molar-refractivity contribution in [3.05, 3.63) is 53.7 Å². The first-order valence-electron chi connectivity index (χ1n) is 19.4. The predicted octanol–water partition coefficient (Wildman–Crippen LogP) is 1.75. The van der Waals surface area contributed by atoms with Gasteiger partial charge in [-0.05, 0) is 44.9 Å². The number of pyridine rings is 1. The minimum absolute atomic E-state index is 0.0163. The highest BCUT2D eigenvalue weighted by Gasteiger charge is 2.92. The minimum atomic E-state index is -2.87. The third-order valence-corrected chi connectivity index (χ3v) is 11.8. The standard InChI is InChI=1S/C41H47NO19/c1-19-11-12-27-26(10-9-14-42-27)37(50)54-17-38(7)28-29(55-21(3)44)33(57-23(5)46)40(18-53-20(2)43)34(58-24(6)47)30(59-36(49)25-13-15-52-16-25)32(60-35(19)48)39(8,51)41(40,61-38)31(28)56-22(4)45/h9-10,13-16,19,28-34,51H,11-12,17-18H2,1-8H3/t19?,28-,29-,30-,31-,32+,33-,34+,38+,39+,40-,41?/m1/s1. The van der Waals surface area contributed by atoms with Crippen molar-refractivity contribution in [1.29, 1.82) is 0 Å². The van der Waals surface area contributed by atoms with Gasteiger partial charge in [0.25, 0.3) is 0 Å². The molecule has 330 valence electrons. The number of rotatable bonds is 8.